The first kappa shape index (κ1) is 25.6. The number of benzene rings is 3. The highest BCUT2D eigenvalue weighted by molar-refractivity contribution is 6.35. The van der Waals surface area contributed by atoms with Crippen molar-refractivity contribution in [3.8, 4) is 0 Å². The third-order valence-electron chi connectivity index (χ3n) is 7.35. The third kappa shape index (κ3) is 5.83. The van der Waals surface area contributed by atoms with E-state index in [4.69, 9.17) is 0 Å². The van der Waals surface area contributed by atoms with Gasteiger partial charge in [-0.1, -0.05) is 18.2 Å². The summed E-state index contributed by atoms with van der Waals surface area (Å²) in [5.74, 6) is -0.275. The molecule has 0 unspecified atom stereocenters. The molecule has 1 saturated heterocycles. The van der Waals surface area contributed by atoms with Gasteiger partial charge in [-0.15, -0.1) is 0 Å². The molecule has 202 valence electrons. The topological polar surface area (TPSA) is 92.5 Å². The predicted octanol–water partition coefficient (Wildman–Crippen LogP) is 5.25. The fourth-order valence-corrected chi connectivity index (χ4v) is 5.07. The molecule has 0 aliphatic carbocycles. The van der Waals surface area contributed by atoms with E-state index >= 15 is 0 Å². The molecule has 0 atom stereocenters. The van der Waals surface area contributed by atoms with Gasteiger partial charge in [-0.2, -0.15) is 0 Å². The minimum atomic E-state index is -0.149. The van der Waals surface area contributed by atoms with Crippen LogP contribution >= 0.6 is 0 Å². The molecule has 6 rings (SSSR count). The molecule has 3 aromatic carbocycles. The van der Waals surface area contributed by atoms with Crippen LogP contribution in [-0.4, -0.2) is 59.8 Å². The predicted molar refractivity (Wildman–Crippen MR) is 161 cm³/mol. The van der Waals surface area contributed by atoms with Gasteiger partial charge in [0.05, 0.1) is 5.57 Å². The summed E-state index contributed by atoms with van der Waals surface area (Å²) in [7, 11) is 2.16. The van der Waals surface area contributed by atoms with Gasteiger partial charge in [-0.05, 0) is 79.4 Å². The Hall–Kier alpha value is -4.66. The summed E-state index contributed by atoms with van der Waals surface area (Å²) in [5, 5.41) is 9.33. The molecule has 3 heterocycles. The molecule has 40 heavy (non-hydrogen) atoms. The number of fused-ring (bicyclic) bond motifs is 1. The molecule has 4 aromatic rings. The van der Waals surface area contributed by atoms with Crippen LogP contribution in [0.5, 0.6) is 0 Å². The maximum absolute atomic E-state index is 13.0. The summed E-state index contributed by atoms with van der Waals surface area (Å²) in [6, 6.07) is 25.0. The third-order valence-corrected chi connectivity index (χ3v) is 7.35. The number of carbonyl (C=O) groups excluding carboxylic acids is 2. The van der Waals surface area contributed by atoms with E-state index in [1.165, 1.54) is 5.56 Å². The van der Waals surface area contributed by atoms with Crippen LogP contribution in [0.1, 0.15) is 27.2 Å². The van der Waals surface area contributed by atoms with Crippen LogP contribution in [-0.2, 0) is 11.3 Å². The first-order valence-electron chi connectivity index (χ1n) is 13.5. The minimum Gasteiger partial charge on any atom is -0.362 e. The highest BCUT2D eigenvalue weighted by atomic mass is 16.2. The number of likely N-dealkylation sites (N-methyl/N-ethyl adjacent to an activating group) is 1. The van der Waals surface area contributed by atoms with Crippen molar-refractivity contribution in [2.24, 2.45) is 0 Å². The van der Waals surface area contributed by atoms with Crippen molar-refractivity contribution in [1.82, 2.24) is 14.8 Å². The van der Waals surface area contributed by atoms with Crippen LogP contribution in [0.2, 0.25) is 0 Å². The summed E-state index contributed by atoms with van der Waals surface area (Å²) >= 11 is 0. The van der Waals surface area contributed by atoms with E-state index in [1.807, 2.05) is 91.1 Å². The Kier molecular flexibility index (Phi) is 7.18. The first-order chi connectivity index (χ1) is 19.5. The Morgan fingerprint density at radius 2 is 1.68 bits per heavy atom. The van der Waals surface area contributed by atoms with Crippen molar-refractivity contribution in [3.05, 3.63) is 107 Å². The zero-order chi connectivity index (χ0) is 27.5. The molecule has 8 nitrogen and oxygen atoms in total. The van der Waals surface area contributed by atoms with Gasteiger partial charge < -0.3 is 25.8 Å². The van der Waals surface area contributed by atoms with Crippen molar-refractivity contribution >= 4 is 46.2 Å². The summed E-state index contributed by atoms with van der Waals surface area (Å²) < 4.78 is 0. The summed E-state index contributed by atoms with van der Waals surface area (Å²) in [6.07, 6.45) is 3.68. The monoisotopic (exact) mass is 532 g/mol. The average Bonchev–Trinajstić information content (AvgIpc) is 3.58. The molecule has 2 amide bonds. The highest BCUT2D eigenvalue weighted by Gasteiger charge is 2.24. The maximum atomic E-state index is 13.0. The van der Waals surface area contributed by atoms with E-state index < -0.39 is 0 Å². The number of amides is 2. The highest BCUT2D eigenvalue weighted by Crippen LogP contribution is 2.35. The molecule has 2 aliphatic rings. The number of nitrogens with zero attached hydrogens (tertiary/aromatic N) is 2. The second-order valence-electron chi connectivity index (χ2n) is 10.3. The molecule has 1 aromatic heterocycles. The number of hydrogen-bond donors (Lipinski definition) is 4. The molecule has 0 radical (unpaired) electrons. The minimum absolute atomic E-state index is 0.126. The molecule has 0 spiro atoms. The lowest BCUT2D eigenvalue weighted by Crippen LogP contribution is -2.43. The summed E-state index contributed by atoms with van der Waals surface area (Å²) in [6.45, 7) is 5.21. The van der Waals surface area contributed by atoms with Crippen LogP contribution < -0.4 is 16.0 Å². The van der Waals surface area contributed by atoms with Crippen LogP contribution in [0, 0.1) is 0 Å². The molecule has 4 N–H and O–H groups in total. The normalized spacial score (nSPS) is 16.5. The van der Waals surface area contributed by atoms with Gasteiger partial charge in [-0.3, -0.25) is 14.5 Å². The average molecular weight is 533 g/mol. The van der Waals surface area contributed by atoms with Crippen molar-refractivity contribution < 1.29 is 9.59 Å². The van der Waals surface area contributed by atoms with Crippen molar-refractivity contribution in [2.45, 2.75) is 6.54 Å². The van der Waals surface area contributed by atoms with Crippen molar-refractivity contribution in [3.63, 3.8) is 0 Å². The van der Waals surface area contributed by atoms with Gasteiger partial charge in [0, 0.05) is 78.5 Å². The van der Waals surface area contributed by atoms with Crippen LogP contribution in [0.25, 0.3) is 11.6 Å². The standard InChI is InChI=1S/C32H32N6O2/c1-37-14-16-38(17-15-37)21-22-7-9-23(10-8-22)31(39)35-26-5-2-4-25(18-26)34-27-11-12-30-28(20-27)29(32(40)36-30)19-24-6-3-13-33-24/h2-13,18-20,33-34H,14-17,21H2,1H3,(H,35,39)(H,36,40)/b29-19-. The van der Waals surface area contributed by atoms with Gasteiger partial charge in [0.1, 0.15) is 0 Å². The van der Waals surface area contributed by atoms with Crippen LogP contribution in [0.3, 0.4) is 0 Å². The van der Waals surface area contributed by atoms with E-state index in [2.05, 4.69) is 37.8 Å². The second kappa shape index (κ2) is 11.2. The molecular weight excluding hydrogens is 500 g/mol. The van der Waals surface area contributed by atoms with Gasteiger partial charge in [-0.25, -0.2) is 0 Å². The largest absolute Gasteiger partial charge is 0.362 e. The molecule has 0 saturated carbocycles. The zero-order valence-corrected chi connectivity index (χ0v) is 22.4. The number of aromatic nitrogens is 1. The fraction of sp³-hybridized carbons (Fsp3) is 0.188. The first-order valence-corrected chi connectivity index (χ1v) is 13.5. The van der Waals surface area contributed by atoms with Crippen LogP contribution in [0.4, 0.5) is 22.7 Å². The quantitative estimate of drug-likeness (QED) is 0.244. The van der Waals surface area contributed by atoms with E-state index in [1.54, 1.807) is 0 Å². The Morgan fingerprint density at radius 3 is 2.45 bits per heavy atom. The number of hydrogen-bond acceptors (Lipinski definition) is 5. The summed E-state index contributed by atoms with van der Waals surface area (Å²) in [5.41, 5.74) is 7.29. The number of H-pyrrole nitrogens is 1. The van der Waals surface area contributed by atoms with Crippen molar-refractivity contribution in [2.75, 3.05) is 49.2 Å². The van der Waals surface area contributed by atoms with E-state index in [-0.39, 0.29) is 11.8 Å². The van der Waals surface area contributed by atoms with Crippen molar-refractivity contribution in [1.29, 1.82) is 0 Å². The Morgan fingerprint density at radius 1 is 0.900 bits per heavy atom. The fourth-order valence-electron chi connectivity index (χ4n) is 5.07. The van der Waals surface area contributed by atoms with E-state index in [0.717, 1.165) is 61.0 Å². The molecule has 0 bridgehead atoms. The molecule has 8 heteroatoms. The van der Waals surface area contributed by atoms with Gasteiger partial charge in [0.25, 0.3) is 11.8 Å². The number of rotatable bonds is 7. The Bertz CT molecular complexity index is 1550. The second-order valence-corrected chi connectivity index (χ2v) is 10.3. The zero-order valence-electron chi connectivity index (χ0n) is 22.4. The Labute approximate surface area is 233 Å². The lowest BCUT2D eigenvalue weighted by Gasteiger charge is -2.32. The molecular formula is C32H32N6O2. The maximum Gasteiger partial charge on any atom is 0.256 e. The van der Waals surface area contributed by atoms with E-state index in [9.17, 15) is 9.59 Å². The van der Waals surface area contributed by atoms with Crippen LogP contribution in [0.15, 0.2) is 85.1 Å². The molecule has 1 fully saturated rings. The number of anilines is 4. The lowest BCUT2D eigenvalue weighted by atomic mass is 10.0. The Balaban J connectivity index is 1.11. The van der Waals surface area contributed by atoms with Gasteiger partial charge in [0.15, 0.2) is 0 Å². The van der Waals surface area contributed by atoms with E-state index in [0.29, 0.717) is 16.8 Å². The van der Waals surface area contributed by atoms with Gasteiger partial charge in [0.2, 0.25) is 0 Å². The number of aromatic amines is 1. The molecule has 2 aliphatic heterocycles. The number of nitrogens with one attached hydrogen (secondary N) is 4. The smallest absolute Gasteiger partial charge is 0.256 e. The number of carbonyl (C=O) groups is 2. The summed E-state index contributed by atoms with van der Waals surface area (Å²) in [4.78, 5) is 33.4. The number of piperazine rings is 1. The lowest BCUT2D eigenvalue weighted by molar-refractivity contribution is -0.110. The SMILES string of the molecule is CN1CCN(Cc2ccc(C(=O)Nc3cccc(Nc4ccc5c(c4)/C(=C/c4ccc[nH]4)C(=O)N5)c3)cc2)CC1. The van der Waals surface area contributed by atoms with Gasteiger partial charge >= 0.3 is 0 Å².